The topological polar surface area (TPSA) is 89.2 Å². The third-order valence-corrected chi connectivity index (χ3v) is 6.70. The summed E-state index contributed by atoms with van der Waals surface area (Å²) in [5.74, 6) is 0.647. The van der Waals surface area contributed by atoms with E-state index in [1.165, 1.54) is 6.33 Å². The van der Waals surface area contributed by atoms with Crippen LogP contribution in [0.4, 0.5) is 19.0 Å². The van der Waals surface area contributed by atoms with E-state index >= 15 is 0 Å². The van der Waals surface area contributed by atoms with Gasteiger partial charge in [-0.1, -0.05) is 0 Å². The standard InChI is InChI=1S/C23H31F3N6O/c1-15-13-32(10-9-31(15)8-7-23(24,25)26)20-12-19(29-14-30-20)21(28)17-11-16(3-4-18(17)27)33-22(2)5-6-22/h11-12,14-16,27-28H,3-10,13H2,1-2H3. The van der Waals surface area contributed by atoms with Crippen molar-refractivity contribution in [1.82, 2.24) is 14.9 Å². The minimum atomic E-state index is -4.15. The number of ether oxygens (including phenoxy) is 1. The highest BCUT2D eigenvalue weighted by atomic mass is 19.4. The normalized spacial score (nSPS) is 25.7. The molecule has 2 N–H and O–H groups in total. The fraction of sp³-hybridized carbons (Fsp3) is 0.652. The lowest BCUT2D eigenvalue weighted by molar-refractivity contribution is -0.139. The molecule has 2 atom stereocenters. The first kappa shape index (κ1) is 23.8. The lowest BCUT2D eigenvalue weighted by Gasteiger charge is -2.40. The Morgan fingerprint density at radius 1 is 1.27 bits per heavy atom. The predicted octanol–water partition coefficient (Wildman–Crippen LogP) is 3.99. The highest BCUT2D eigenvalue weighted by Crippen LogP contribution is 2.41. The molecule has 33 heavy (non-hydrogen) atoms. The Morgan fingerprint density at radius 2 is 2.03 bits per heavy atom. The number of anilines is 1. The molecule has 2 unspecified atom stereocenters. The van der Waals surface area contributed by atoms with Crippen LogP contribution in [-0.4, -0.2) is 76.4 Å². The second-order valence-corrected chi connectivity index (χ2v) is 9.54. The summed E-state index contributed by atoms with van der Waals surface area (Å²) in [4.78, 5) is 12.5. The van der Waals surface area contributed by atoms with Gasteiger partial charge in [0.2, 0.25) is 0 Å². The van der Waals surface area contributed by atoms with E-state index in [0.717, 1.165) is 19.3 Å². The van der Waals surface area contributed by atoms with Gasteiger partial charge in [0.05, 0.1) is 29.5 Å². The number of nitrogens with one attached hydrogen (secondary N) is 2. The largest absolute Gasteiger partial charge is 0.390 e. The van der Waals surface area contributed by atoms with Crippen LogP contribution in [0.25, 0.3) is 0 Å². The summed E-state index contributed by atoms with van der Waals surface area (Å²) in [5, 5.41) is 17.0. The lowest BCUT2D eigenvalue weighted by atomic mass is 9.90. The molecule has 2 fully saturated rings. The third-order valence-electron chi connectivity index (χ3n) is 6.70. The van der Waals surface area contributed by atoms with E-state index in [2.05, 4.69) is 16.9 Å². The predicted molar refractivity (Wildman–Crippen MR) is 120 cm³/mol. The molecule has 1 aliphatic heterocycles. The van der Waals surface area contributed by atoms with Crippen molar-refractivity contribution >= 4 is 17.2 Å². The van der Waals surface area contributed by atoms with Gasteiger partial charge in [-0.3, -0.25) is 10.3 Å². The minimum Gasteiger partial charge on any atom is -0.368 e. The molecule has 0 radical (unpaired) electrons. The molecule has 2 aliphatic carbocycles. The van der Waals surface area contributed by atoms with Crippen molar-refractivity contribution in [2.45, 2.75) is 69.9 Å². The fourth-order valence-electron chi connectivity index (χ4n) is 4.38. The third kappa shape index (κ3) is 5.97. The molecule has 0 aromatic carbocycles. The number of aromatic nitrogens is 2. The van der Waals surface area contributed by atoms with E-state index in [1.807, 2.05) is 22.8 Å². The molecule has 10 heteroatoms. The monoisotopic (exact) mass is 464 g/mol. The van der Waals surface area contributed by atoms with Gasteiger partial charge in [0.25, 0.3) is 0 Å². The second-order valence-electron chi connectivity index (χ2n) is 9.54. The molecule has 180 valence electrons. The summed E-state index contributed by atoms with van der Waals surface area (Å²) >= 11 is 0. The smallest absolute Gasteiger partial charge is 0.368 e. The molecular weight excluding hydrogens is 433 g/mol. The second kappa shape index (κ2) is 9.13. The summed E-state index contributed by atoms with van der Waals surface area (Å²) < 4.78 is 43.9. The molecule has 0 spiro atoms. The molecule has 7 nitrogen and oxygen atoms in total. The molecule has 1 saturated heterocycles. The van der Waals surface area contributed by atoms with Crippen LogP contribution in [0.2, 0.25) is 0 Å². The number of hydrogen-bond donors (Lipinski definition) is 2. The Balaban J connectivity index is 1.43. The summed E-state index contributed by atoms with van der Waals surface area (Å²) in [6, 6.07) is 1.69. The van der Waals surface area contributed by atoms with Gasteiger partial charge in [-0.25, -0.2) is 9.97 Å². The highest BCUT2D eigenvalue weighted by Gasteiger charge is 2.41. The molecule has 1 saturated carbocycles. The highest BCUT2D eigenvalue weighted by molar-refractivity contribution is 6.28. The van der Waals surface area contributed by atoms with Gasteiger partial charge in [0.1, 0.15) is 12.1 Å². The fourth-order valence-corrected chi connectivity index (χ4v) is 4.38. The van der Waals surface area contributed by atoms with Crippen molar-refractivity contribution in [2.75, 3.05) is 31.1 Å². The Hall–Kier alpha value is -2.33. The van der Waals surface area contributed by atoms with E-state index < -0.39 is 12.6 Å². The van der Waals surface area contributed by atoms with Gasteiger partial charge in [-0.15, -0.1) is 0 Å². The van der Waals surface area contributed by atoms with Crippen LogP contribution >= 0.6 is 0 Å². The van der Waals surface area contributed by atoms with Crippen molar-refractivity contribution in [2.24, 2.45) is 0 Å². The molecule has 1 aromatic heterocycles. The van der Waals surface area contributed by atoms with E-state index in [-0.39, 0.29) is 30.0 Å². The summed E-state index contributed by atoms with van der Waals surface area (Å²) in [6.45, 7) is 5.62. The molecule has 0 amide bonds. The first-order chi connectivity index (χ1) is 15.5. The van der Waals surface area contributed by atoms with Crippen LogP contribution in [0.1, 0.15) is 51.6 Å². The number of hydrogen-bond acceptors (Lipinski definition) is 7. The number of nitrogens with zero attached hydrogens (tertiary/aromatic N) is 4. The molecular formula is C23H31F3N6O. The quantitative estimate of drug-likeness (QED) is 0.596. The van der Waals surface area contributed by atoms with E-state index in [0.29, 0.717) is 48.9 Å². The van der Waals surface area contributed by atoms with Gasteiger partial charge in [0, 0.05) is 49.6 Å². The van der Waals surface area contributed by atoms with Crippen LogP contribution in [0, 0.1) is 10.8 Å². The van der Waals surface area contributed by atoms with Crippen molar-refractivity contribution < 1.29 is 17.9 Å². The summed E-state index contributed by atoms with van der Waals surface area (Å²) in [7, 11) is 0. The van der Waals surface area contributed by atoms with E-state index in [1.54, 1.807) is 6.07 Å². The van der Waals surface area contributed by atoms with Crippen LogP contribution < -0.4 is 4.90 Å². The Bertz CT molecular complexity index is 942. The Labute approximate surface area is 192 Å². The maximum Gasteiger partial charge on any atom is 0.390 e. The maximum absolute atomic E-state index is 12.6. The van der Waals surface area contributed by atoms with Gasteiger partial charge >= 0.3 is 6.18 Å². The Morgan fingerprint density at radius 3 is 2.70 bits per heavy atom. The number of halogens is 3. The van der Waals surface area contributed by atoms with Gasteiger partial charge < -0.3 is 15.0 Å². The number of rotatable bonds is 7. The van der Waals surface area contributed by atoms with Crippen molar-refractivity contribution in [3.05, 3.63) is 29.7 Å². The van der Waals surface area contributed by atoms with Crippen LogP contribution in [0.5, 0.6) is 0 Å². The van der Waals surface area contributed by atoms with Crippen LogP contribution in [-0.2, 0) is 4.74 Å². The SMILES string of the molecule is CC1CN(c2cc(C(=N)C3=CC(OC4(C)CC4)CCC3=N)ncn2)CCN1CCC(F)(F)F. The molecule has 4 rings (SSSR count). The number of piperazine rings is 1. The summed E-state index contributed by atoms with van der Waals surface area (Å²) in [6.07, 6.45) is 1.61. The zero-order chi connectivity index (χ0) is 23.8. The lowest BCUT2D eigenvalue weighted by Crippen LogP contribution is -2.52. The van der Waals surface area contributed by atoms with E-state index in [4.69, 9.17) is 15.6 Å². The molecule has 2 heterocycles. The van der Waals surface area contributed by atoms with Crippen LogP contribution in [0.15, 0.2) is 24.0 Å². The number of alkyl halides is 3. The van der Waals surface area contributed by atoms with Crippen molar-refractivity contribution in [3.8, 4) is 0 Å². The first-order valence-corrected chi connectivity index (χ1v) is 11.5. The summed E-state index contributed by atoms with van der Waals surface area (Å²) in [5.41, 5.74) is 1.49. The van der Waals surface area contributed by atoms with E-state index in [9.17, 15) is 13.2 Å². The van der Waals surface area contributed by atoms with Gasteiger partial charge in [-0.2, -0.15) is 13.2 Å². The van der Waals surface area contributed by atoms with Crippen molar-refractivity contribution in [1.29, 1.82) is 10.8 Å². The average Bonchev–Trinajstić information content (AvgIpc) is 3.49. The zero-order valence-corrected chi connectivity index (χ0v) is 19.1. The first-order valence-electron chi connectivity index (χ1n) is 11.5. The zero-order valence-electron chi connectivity index (χ0n) is 19.1. The molecule has 3 aliphatic rings. The van der Waals surface area contributed by atoms with Crippen molar-refractivity contribution in [3.63, 3.8) is 0 Å². The average molecular weight is 465 g/mol. The van der Waals surface area contributed by atoms with Crippen LogP contribution in [0.3, 0.4) is 0 Å². The van der Waals surface area contributed by atoms with Gasteiger partial charge in [-0.05, 0) is 45.6 Å². The molecule has 0 bridgehead atoms. The number of allylic oxidation sites excluding steroid dienone is 1. The van der Waals surface area contributed by atoms with Gasteiger partial charge in [0.15, 0.2) is 0 Å². The maximum atomic E-state index is 12.6. The minimum absolute atomic E-state index is 0.00325. The Kier molecular flexibility index (Phi) is 6.59. The molecule has 1 aromatic rings.